The average molecular weight is 162 g/mol. The predicted octanol–water partition coefficient (Wildman–Crippen LogP) is 0.676. The van der Waals surface area contributed by atoms with Gasteiger partial charge in [0, 0.05) is 23.6 Å². The molecular weight excluding hydrogens is 144 g/mol. The molecule has 2 nitrogen and oxygen atoms in total. The Morgan fingerprint density at radius 1 is 1.50 bits per heavy atom. The maximum absolute atomic E-state index is 5.78. The third-order valence-corrected chi connectivity index (χ3v) is 2.41. The molecular formula is C7H18N2S. The molecule has 0 rings (SSSR count). The largest absolute Gasteiger partial charge is 0.325 e. The van der Waals surface area contributed by atoms with Crippen molar-refractivity contribution in [2.24, 2.45) is 5.73 Å². The van der Waals surface area contributed by atoms with Gasteiger partial charge in [0.2, 0.25) is 0 Å². The standard InChI is InChI=1S/C7H18N2S/c1-7(2,8)6-10-5-4-9-3/h9H,4-6,8H2,1-3H3. The van der Waals surface area contributed by atoms with E-state index in [-0.39, 0.29) is 5.54 Å². The van der Waals surface area contributed by atoms with Gasteiger partial charge in [-0.1, -0.05) is 0 Å². The number of hydrogen-bond acceptors (Lipinski definition) is 3. The molecule has 0 radical (unpaired) electrons. The highest BCUT2D eigenvalue weighted by atomic mass is 32.2. The lowest BCUT2D eigenvalue weighted by Crippen LogP contribution is -2.35. The van der Waals surface area contributed by atoms with Crippen molar-refractivity contribution in [1.82, 2.24) is 5.32 Å². The van der Waals surface area contributed by atoms with Crippen LogP contribution in [-0.4, -0.2) is 30.6 Å². The lowest BCUT2D eigenvalue weighted by atomic mass is 10.1. The SMILES string of the molecule is CNCCSCC(C)(C)N. The summed E-state index contributed by atoms with van der Waals surface area (Å²) in [7, 11) is 1.97. The fraction of sp³-hybridized carbons (Fsp3) is 1.00. The van der Waals surface area contributed by atoms with Crippen LogP contribution in [-0.2, 0) is 0 Å². The molecule has 0 spiro atoms. The topological polar surface area (TPSA) is 38.0 Å². The zero-order chi connectivity index (χ0) is 8.04. The third kappa shape index (κ3) is 8.27. The molecule has 3 N–H and O–H groups in total. The fourth-order valence-corrected chi connectivity index (χ4v) is 1.53. The highest BCUT2D eigenvalue weighted by molar-refractivity contribution is 7.99. The van der Waals surface area contributed by atoms with Gasteiger partial charge in [0.1, 0.15) is 0 Å². The van der Waals surface area contributed by atoms with E-state index in [0.29, 0.717) is 0 Å². The molecule has 0 aliphatic heterocycles. The highest BCUT2D eigenvalue weighted by Crippen LogP contribution is 2.08. The van der Waals surface area contributed by atoms with Crippen molar-refractivity contribution in [2.75, 3.05) is 25.1 Å². The summed E-state index contributed by atoms with van der Waals surface area (Å²) in [6, 6.07) is 0. The molecule has 0 bridgehead atoms. The number of thioether (sulfide) groups is 1. The first kappa shape index (κ1) is 10.3. The Morgan fingerprint density at radius 3 is 2.50 bits per heavy atom. The van der Waals surface area contributed by atoms with E-state index in [1.54, 1.807) is 0 Å². The first-order chi connectivity index (χ1) is 4.56. The molecule has 0 amide bonds. The van der Waals surface area contributed by atoms with Crippen LogP contribution in [0, 0.1) is 0 Å². The van der Waals surface area contributed by atoms with E-state index in [0.717, 1.165) is 18.1 Å². The first-order valence-electron chi connectivity index (χ1n) is 3.57. The maximum Gasteiger partial charge on any atom is 0.0188 e. The van der Waals surface area contributed by atoms with Crippen molar-refractivity contribution in [3.63, 3.8) is 0 Å². The summed E-state index contributed by atoms with van der Waals surface area (Å²) in [6.45, 7) is 5.18. The van der Waals surface area contributed by atoms with Gasteiger partial charge in [0.15, 0.2) is 0 Å². The van der Waals surface area contributed by atoms with Crippen LogP contribution < -0.4 is 11.1 Å². The smallest absolute Gasteiger partial charge is 0.0188 e. The molecule has 3 heteroatoms. The Labute approximate surface area is 67.9 Å². The quantitative estimate of drug-likeness (QED) is 0.584. The van der Waals surface area contributed by atoms with Gasteiger partial charge in [-0.2, -0.15) is 11.8 Å². The summed E-state index contributed by atoms with van der Waals surface area (Å²) in [5.41, 5.74) is 5.76. The van der Waals surface area contributed by atoms with Crippen LogP contribution in [0.2, 0.25) is 0 Å². The van der Waals surface area contributed by atoms with Gasteiger partial charge in [-0.3, -0.25) is 0 Å². The van der Waals surface area contributed by atoms with Gasteiger partial charge in [0.25, 0.3) is 0 Å². The lowest BCUT2D eigenvalue weighted by molar-refractivity contribution is 0.591. The van der Waals surface area contributed by atoms with E-state index < -0.39 is 0 Å². The monoisotopic (exact) mass is 162 g/mol. The van der Waals surface area contributed by atoms with Crippen molar-refractivity contribution >= 4 is 11.8 Å². The van der Waals surface area contributed by atoms with E-state index in [1.807, 2.05) is 18.8 Å². The Hall–Kier alpha value is 0.270. The Bertz CT molecular complexity index is 78.2. The summed E-state index contributed by atoms with van der Waals surface area (Å²) in [5, 5.41) is 3.09. The maximum atomic E-state index is 5.78. The second-order valence-electron chi connectivity index (χ2n) is 3.14. The predicted molar refractivity (Wildman–Crippen MR) is 49.5 cm³/mol. The second-order valence-corrected chi connectivity index (χ2v) is 4.25. The second kappa shape index (κ2) is 4.99. The Balaban J connectivity index is 3.04. The van der Waals surface area contributed by atoms with Crippen LogP contribution >= 0.6 is 11.8 Å². The summed E-state index contributed by atoms with van der Waals surface area (Å²) in [5.74, 6) is 2.19. The molecule has 62 valence electrons. The molecule has 0 aromatic carbocycles. The molecule has 0 fully saturated rings. The number of rotatable bonds is 5. The third-order valence-electron chi connectivity index (χ3n) is 0.970. The molecule has 0 heterocycles. The van der Waals surface area contributed by atoms with Gasteiger partial charge < -0.3 is 11.1 Å². The zero-order valence-corrected chi connectivity index (χ0v) is 7.92. The van der Waals surface area contributed by atoms with E-state index >= 15 is 0 Å². The van der Waals surface area contributed by atoms with E-state index in [9.17, 15) is 0 Å². The van der Waals surface area contributed by atoms with Gasteiger partial charge in [-0.25, -0.2) is 0 Å². The first-order valence-corrected chi connectivity index (χ1v) is 4.73. The Kier molecular flexibility index (Phi) is 5.13. The van der Waals surface area contributed by atoms with Crippen molar-refractivity contribution in [3.8, 4) is 0 Å². The summed E-state index contributed by atoms with van der Waals surface area (Å²) < 4.78 is 0. The minimum atomic E-state index is -0.0155. The molecule has 0 aromatic heterocycles. The summed E-state index contributed by atoms with van der Waals surface area (Å²) >= 11 is 1.90. The highest BCUT2D eigenvalue weighted by Gasteiger charge is 2.08. The lowest BCUT2D eigenvalue weighted by Gasteiger charge is -2.17. The zero-order valence-electron chi connectivity index (χ0n) is 7.11. The van der Waals surface area contributed by atoms with E-state index in [2.05, 4.69) is 19.2 Å². The van der Waals surface area contributed by atoms with Gasteiger partial charge >= 0.3 is 0 Å². The average Bonchev–Trinajstić information content (AvgIpc) is 1.78. The number of nitrogens with one attached hydrogen (secondary N) is 1. The molecule has 0 unspecified atom stereocenters. The van der Waals surface area contributed by atoms with Crippen LogP contribution in [0.3, 0.4) is 0 Å². The van der Waals surface area contributed by atoms with Crippen molar-refractivity contribution < 1.29 is 0 Å². The molecule has 10 heavy (non-hydrogen) atoms. The minimum Gasteiger partial charge on any atom is -0.325 e. The summed E-state index contributed by atoms with van der Waals surface area (Å²) in [6.07, 6.45) is 0. The van der Waals surface area contributed by atoms with Crippen LogP contribution in [0.25, 0.3) is 0 Å². The van der Waals surface area contributed by atoms with Crippen molar-refractivity contribution in [1.29, 1.82) is 0 Å². The molecule has 0 aliphatic rings. The minimum absolute atomic E-state index is 0.0155. The van der Waals surface area contributed by atoms with Gasteiger partial charge in [-0.05, 0) is 20.9 Å². The van der Waals surface area contributed by atoms with Gasteiger partial charge in [-0.15, -0.1) is 0 Å². The van der Waals surface area contributed by atoms with E-state index in [4.69, 9.17) is 5.73 Å². The number of hydrogen-bond donors (Lipinski definition) is 2. The summed E-state index contributed by atoms with van der Waals surface area (Å²) in [4.78, 5) is 0. The molecule has 0 aliphatic carbocycles. The molecule has 0 saturated carbocycles. The molecule has 0 aromatic rings. The molecule has 0 saturated heterocycles. The van der Waals surface area contributed by atoms with Crippen LogP contribution in [0.1, 0.15) is 13.8 Å². The van der Waals surface area contributed by atoms with Crippen molar-refractivity contribution in [3.05, 3.63) is 0 Å². The fourth-order valence-electron chi connectivity index (χ4n) is 0.509. The van der Waals surface area contributed by atoms with E-state index in [1.165, 1.54) is 0 Å². The van der Waals surface area contributed by atoms with Crippen molar-refractivity contribution in [2.45, 2.75) is 19.4 Å². The van der Waals surface area contributed by atoms with Gasteiger partial charge in [0.05, 0.1) is 0 Å². The van der Waals surface area contributed by atoms with Crippen LogP contribution in [0.5, 0.6) is 0 Å². The molecule has 0 atom stereocenters. The van der Waals surface area contributed by atoms with Crippen LogP contribution in [0.4, 0.5) is 0 Å². The Morgan fingerprint density at radius 2 is 2.10 bits per heavy atom. The normalized spacial score (nSPS) is 12.0. The number of nitrogens with two attached hydrogens (primary N) is 1. The van der Waals surface area contributed by atoms with Crippen LogP contribution in [0.15, 0.2) is 0 Å².